The van der Waals surface area contributed by atoms with E-state index >= 15 is 0 Å². The number of hydrogen-bond donors (Lipinski definition) is 2. The Morgan fingerprint density at radius 1 is 1.28 bits per heavy atom. The minimum atomic E-state index is -0.363. The second-order valence-corrected chi connectivity index (χ2v) is 7.42. The number of aromatic nitrogens is 3. The second-order valence-electron chi connectivity index (χ2n) is 7.42. The van der Waals surface area contributed by atoms with Gasteiger partial charge < -0.3 is 10.2 Å². The number of fused-ring (bicyclic) bond motifs is 1. The number of nitrogens with zero attached hydrogens (tertiary/aromatic N) is 3. The summed E-state index contributed by atoms with van der Waals surface area (Å²) in [5.41, 5.74) is 1.25. The fraction of sp³-hybridized carbons (Fsp3) is 0.381. The summed E-state index contributed by atoms with van der Waals surface area (Å²) in [6, 6.07) is 7.10. The molecule has 7 nitrogen and oxygen atoms in total. The first-order valence-corrected chi connectivity index (χ1v) is 9.93. The van der Waals surface area contributed by atoms with Crippen molar-refractivity contribution in [3.8, 4) is 11.3 Å². The van der Waals surface area contributed by atoms with Gasteiger partial charge in [-0.15, -0.1) is 0 Å². The van der Waals surface area contributed by atoms with Gasteiger partial charge in [0.15, 0.2) is 5.65 Å². The third-order valence-electron chi connectivity index (χ3n) is 5.59. The first kappa shape index (κ1) is 19.3. The number of benzene rings is 1. The van der Waals surface area contributed by atoms with Gasteiger partial charge in [0.25, 0.3) is 11.5 Å². The van der Waals surface area contributed by atoms with Crippen molar-refractivity contribution < 1.29 is 9.18 Å². The van der Waals surface area contributed by atoms with Gasteiger partial charge in [-0.25, -0.2) is 13.9 Å². The Labute approximate surface area is 167 Å². The molecule has 1 aliphatic rings. The maximum atomic E-state index is 13.2. The van der Waals surface area contributed by atoms with Gasteiger partial charge in [0, 0.05) is 24.4 Å². The van der Waals surface area contributed by atoms with Crippen LogP contribution in [0.4, 0.5) is 4.39 Å². The maximum Gasteiger partial charge on any atom is 0.273 e. The first-order chi connectivity index (χ1) is 14.0. The molecule has 0 unspecified atom stereocenters. The largest absolute Gasteiger partial charge is 0.352 e. The van der Waals surface area contributed by atoms with Crippen molar-refractivity contribution in [3.63, 3.8) is 0 Å². The number of piperidine rings is 1. The van der Waals surface area contributed by atoms with E-state index in [1.165, 1.54) is 28.9 Å². The molecule has 1 aromatic carbocycles. The number of nitrogens with one attached hydrogen (secondary N) is 2. The van der Waals surface area contributed by atoms with Gasteiger partial charge in [0.1, 0.15) is 11.4 Å². The van der Waals surface area contributed by atoms with Crippen LogP contribution in [-0.4, -0.2) is 51.6 Å². The monoisotopic (exact) mass is 397 g/mol. The van der Waals surface area contributed by atoms with Crippen LogP contribution >= 0.6 is 0 Å². The van der Waals surface area contributed by atoms with Gasteiger partial charge in [0.2, 0.25) is 0 Å². The predicted octanol–water partition coefficient (Wildman–Crippen LogP) is 2.29. The van der Waals surface area contributed by atoms with Gasteiger partial charge in [-0.1, -0.05) is 6.92 Å². The Bertz CT molecular complexity index is 1060. The zero-order valence-electron chi connectivity index (χ0n) is 16.3. The van der Waals surface area contributed by atoms with Crippen LogP contribution in [0.25, 0.3) is 16.9 Å². The minimum absolute atomic E-state index is 0.259. The van der Waals surface area contributed by atoms with E-state index in [1.807, 2.05) is 0 Å². The maximum absolute atomic E-state index is 13.2. The van der Waals surface area contributed by atoms with Gasteiger partial charge >= 0.3 is 0 Å². The van der Waals surface area contributed by atoms with Crippen LogP contribution in [0.5, 0.6) is 0 Å². The minimum Gasteiger partial charge on any atom is -0.352 e. The van der Waals surface area contributed by atoms with E-state index in [1.54, 1.807) is 12.1 Å². The average Bonchev–Trinajstić information content (AvgIpc) is 3.17. The fourth-order valence-electron chi connectivity index (χ4n) is 3.76. The van der Waals surface area contributed by atoms with E-state index in [9.17, 15) is 14.0 Å². The van der Waals surface area contributed by atoms with Crippen molar-refractivity contribution >= 4 is 11.6 Å². The molecule has 1 fully saturated rings. The molecule has 2 aromatic heterocycles. The number of aromatic amines is 1. The van der Waals surface area contributed by atoms with Gasteiger partial charge in [-0.05, 0) is 62.7 Å². The lowest BCUT2D eigenvalue weighted by atomic mass is 9.97. The highest BCUT2D eigenvalue weighted by Gasteiger charge is 2.21. The Morgan fingerprint density at radius 3 is 2.69 bits per heavy atom. The molecule has 29 heavy (non-hydrogen) atoms. The summed E-state index contributed by atoms with van der Waals surface area (Å²) in [4.78, 5) is 32.0. The summed E-state index contributed by atoms with van der Waals surface area (Å²) < 4.78 is 14.4. The summed E-state index contributed by atoms with van der Waals surface area (Å²) in [6.07, 6.45) is 3.62. The highest BCUT2D eigenvalue weighted by Crippen LogP contribution is 2.19. The summed E-state index contributed by atoms with van der Waals surface area (Å²) in [7, 11) is 0. The number of carbonyl (C=O) groups is 1. The molecule has 2 N–H and O–H groups in total. The highest BCUT2D eigenvalue weighted by molar-refractivity contribution is 5.99. The van der Waals surface area contributed by atoms with E-state index in [4.69, 9.17) is 0 Å². The average molecular weight is 397 g/mol. The zero-order chi connectivity index (χ0) is 20.4. The van der Waals surface area contributed by atoms with Gasteiger partial charge in [-0.3, -0.25) is 14.7 Å². The van der Waals surface area contributed by atoms with Crippen LogP contribution in [-0.2, 0) is 0 Å². The zero-order valence-corrected chi connectivity index (χ0v) is 16.3. The van der Waals surface area contributed by atoms with Crippen LogP contribution in [0.15, 0.2) is 41.3 Å². The number of halogens is 1. The molecule has 3 aromatic rings. The molecule has 1 amide bonds. The van der Waals surface area contributed by atoms with E-state index < -0.39 is 0 Å². The molecule has 0 saturated carbocycles. The van der Waals surface area contributed by atoms with Gasteiger partial charge in [-0.2, -0.15) is 0 Å². The summed E-state index contributed by atoms with van der Waals surface area (Å²) >= 11 is 0. The van der Waals surface area contributed by atoms with Crippen LogP contribution < -0.4 is 10.9 Å². The van der Waals surface area contributed by atoms with Crippen LogP contribution in [0.1, 0.15) is 30.1 Å². The topological polar surface area (TPSA) is 82.5 Å². The Hall–Kier alpha value is -3.00. The van der Waals surface area contributed by atoms with Crippen molar-refractivity contribution in [3.05, 3.63) is 58.3 Å². The molecular formula is C21H24FN5O2. The van der Waals surface area contributed by atoms with Crippen molar-refractivity contribution in [1.29, 1.82) is 0 Å². The number of rotatable bonds is 5. The lowest BCUT2D eigenvalue weighted by Gasteiger charge is -2.30. The first-order valence-electron chi connectivity index (χ1n) is 9.93. The second kappa shape index (κ2) is 8.16. The Balaban J connectivity index is 1.53. The summed E-state index contributed by atoms with van der Waals surface area (Å²) in [6.45, 7) is 5.94. The van der Waals surface area contributed by atoms with Crippen LogP contribution in [0.2, 0.25) is 0 Å². The van der Waals surface area contributed by atoms with Crippen LogP contribution in [0, 0.1) is 11.7 Å². The summed E-state index contributed by atoms with van der Waals surface area (Å²) in [5, 5.41) is 5.77. The van der Waals surface area contributed by atoms with E-state index in [0.717, 1.165) is 32.5 Å². The fourth-order valence-corrected chi connectivity index (χ4v) is 3.76. The third-order valence-corrected chi connectivity index (χ3v) is 5.59. The standard InChI is InChI=1S/C21H24FN5O2/c1-2-26-9-7-14(8-10-26)12-23-21(29)17-13-24-27-19(28)11-18(25-20(17)27)15-3-5-16(22)6-4-15/h3-6,11,13-14,24H,2,7-10,12H2,1H3,(H,23,29). The molecule has 1 aliphatic heterocycles. The molecule has 0 spiro atoms. The number of amides is 1. The molecule has 0 radical (unpaired) electrons. The molecule has 0 atom stereocenters. The van der Waals surface area contributed by atoms with Crippen molar-refractivity contribution in [1.82, 2.24) is 24.8 Å². The predicted molar refractivity (Wildman–Crippen MR) is 108 cm³/mol. The lowest BCUT2D eigenvalue weighted by Crippen LogP contribution is -2.38. The van der Waals surface area contributed by atoms with E-state index in [0.29, 0.717) is 29.3 Å². The molecule has 1 saturated heterocycles. The van der Waals surface area contributed by atoms with Crippen molar-refractivity contribution in [2.24, 2.45) is 5.92 Å². The normalized spacial score (nSPS) is 15.7. The van der Waals surface area contributed by atoms with E-state index in [-0.39, 0.29) is 22.9 Å². The Morgan fingerprint density at radius 2 is 2.00 bits per heavy atom. The van der Waals surface area contributed by atoms with Gasteiger partial charge in [0.05, 0.1) is 5.69 Å². The highest BCUT2D eigenvalue weighted by atomic mass is 19.1. The molecule has 4 rings (SSSR count). The molecule has 152 valence electrons. The third kappa shape index (κ3) is 4.07. The molecule has 8 heteroatoms. The van der Waals surface area contributed by atoms with Crippen molar-refractivity contribution in [2.75, 3.05) is 26.2 Å². The van der Waals surface area contributed by atoms with E-state index in [2.05, 4.69) is 27.2 Å². The number of carbonyl (C=O) groups excluding carboxylic acids is 1. The Kier molecular flexibility index (Phi) is 5.44. The SMILES string of the molecule is CCN1CCC(CNC(=O)c2c[nH]n3c(=O)cc(-c4ccc(F)cc4)nc23)CC1. The summed E-state index contributed by atoms with van der Waals surface area (Å²) in [5.74, 6) is -0.166. The lowest BCUT2D eigenvalue weighted by molar-refractivity contribution is 0.0938. The number of likely N-dealkylation sites (tertiary alicyclic amines) is 1. The molecule has 3 heterocycles. The smallest absolute Gasteiger partial charge is 0.273 e. The van der Waals surface area contributed by atoms with Crippen molar-refractivity contribution in [2.45, 2.75) is 19.8 Å². The molecular weight excluding hydrogens is 373 g/mol. The van der Waals surface area contributed by atoms with Crippen LogP contribution in [0.3, 0.4) is 0 Å². The molecule has 0 bridgehead atoms. The number of hydrogen-bond acceptors (Lipinski definition) is 4. The molecule has 0 aliphatic carbocycles. The quantitative estimate of drug-likeness (QED) is 0.692. The number of H-pyrrole nitrogens is 1.